The highest BCUT2D eigenvalue weighted by molar-refractivity contribution is 6.31. The maximum atomic E-state index is 12.7. The predicted molar refractivity (Wildman–Crippen MR) is 92.8 cm³/mol. The molecule has 4 rings (SSSR count). The number of carbonyl (C=O) groups is 2. The van der Waals surface area contributed by atoms with Crippen LogP contribution in [-0.4, -0.2) is 11.6 Å². The first kappa shape index (κ1) is 15.0. The van der Waals surface area contributed by atoms with Crippen LogP contribution in [0.25, 0.3) is 11.0 Å². The van der Waals surface area contributed by atoms with Crippen molar-refractivity contribution in [2.45, 2.75) is 19.3 Å². The molecule has 24 heavy (non-hydrogen) atoms. The molecule has 0 aliphatic heterocycles. The second-order valence-corrected chi connectivity index (χ2v) is 6.40. The van der Waals surface area contributed by atoms with Gasteiger partial charge in [0.15, 0.2) is 11.5 Å². The zero-order chi connectivity index (χ0) is 16.8. The van der Waals surface area contributed by atoms with Gasteiger partial charge in [0.2, 0.25) is 5.78 Å². The molecular formula is C19H14ClNO3. The van der Waals surface area contributed by atoms with Crippen molar-refractivity contribution in [2.24, 2.45) is 0 Å². The first-order valence-corrected chi connectivity index (χ1v) is 8.11. The lowest BCUT2D eigenvalue weighted by Gasteiger charge is -2.13. The van der Waals surface area contributed by atoms with Crippen molar-refractivity contribution in [3.05, 3.63) is 63.9 Å². The number of hydrogen-bond donors (Lipinski definition) is 1. The van der Waals surface area contributed by atoms with Gasteiger partial charge in [-0.3, -0.25) is 9.59 Å². The van der Waals surface area contributed by atoms with Crippen LogP contribution in [0.1, 0.15) is 44.9 Å². The normalized spacial score (nSPS) is 14.0. The van der Waals surface area contributed by atoms with E-state index >= 15 is 0 Å². The van der Waals surface area contributed by atoms with E-state index in [1.807, 2.05) is 6.07 Å². The Labute approximate surface area is 143 Å². The number of rotatable bonds is 2. The van der Waals surface area contributed by atoms with Gasteiger partial charge < -0.3 is 10.2 Å². The Balaban J connectivity index is 1.87. The zero-order valence-corrected chi connectivity index (χ0v) is 13.5. The molecule has 2 N–H and O–H groups in total. The average molecular weight is 340 g/mol. The van der Waals surface area contributed by atoms with E-state index < -0.39 is 0 Å². The Morgan fingerprint density at radius 3 is 2.79 bits per heavy atom. The molecule has 0 amide bonds. The van der Waals surface area contributed by atoms with Crippen molar-refractivity contribution in [1.82, 2.24) is 0 Å². The van der Waals surface area contributed by atoms with E-state index in [1.54, 1.807) is 30.3 Å². The molecule has 120 valence electrons. The van der Waals surface area contributed by atoms with Crippen molar-refractivity contribution in [1.29, 1.82) is 0 Å². The molecule has 0 bridgehead atoms. The van der Waals surface area contributed by atoms with Gasteiger partial charge in [-0.15, -0.1) is 0 Å². The second-order valence-electron chi connectivity index (χ2n) is 5.97. The Morgan fingerprint density at radius 1 is 1.17 bits per heavy atom. The van der Waals surface area contributed by atoms with Crippen molar-refractivity contribution >= 4 is 39.8 Å². The second kappa shape index (κ2) is 5.49. The standard InChI is InChI=1S/C19H14ClNO3/c20-12-5-1-4-11(7-12)18(23)19-17(21)14-9-13-10(8-16(14)24-19)3-2-6-15(13)22/h1,4-5,7-9H,2-3,6,21H2. The van der Waals surface area contributed by atoms with Crippen molar-refractivity contribution in [3.8, 4) is 0 Å². The largest absolute Gasteiger partial charge is 0.450 e. The molecule has 2 aromatic carbocycles. The summed E-state index contributed by atoms with van der Waals surface area (Å²) in [5, 5.41) is 1.07. The van der Waals surface area contributed by atoms with Crippen molar-refractivity contribution in [3.63, 3.8) is 0 Å². The number of nitrogen functional groups attached to an aromatic ring is 1. The molecular weight excluding hydrogens is 326 g/mol. The molecule has 0 spiro atoms. The summed E-state index contributed by atoms with van der Waals surface area (Å²) >= 11 is 5.95. The van der Waals surface area contributed by atoms with E-state index in [-0.39, 0.29) is 23.0 Å². The summed E-state index contributed by atoms with van der Waals surface area (Å²) in [4.78, 5) is 24.8. The average Bonchev–Trinajstić information content (AvgIpc) is 2.89. The first-order valence-electron chi connectivity index (χ1n) is 7.73. The monoisotopic (exact) mass is 339 g/mol. The molecule has 3 aromatic rings. The SMILES string of the molecule is Nc1c(C(=O)c2cccc(Cl)c2)oc2cc3c(cc12)C(=O)CCC3. The fraction of sp³-hybridized carbons (Fsp3) is 0.158. The summed E-state index contributed by atoms with van der Waals surface area (Å²) in [6.07, 6.45) is 2.21. The van der Waals surface area contributed by atoms with Gasteiger partial charge in [-0.05, 0) is 42.7 Å². The van der Waals surface area contributed by atoms with Crippen LogP contribution in [0.2, 0.25) is 5.02 Å². The lowest BCUT2D eigenvalue weighted by molar-refractivity contribution is 0.0971. The first-order chi connectivity index (χ1) is 11.5. The zero-order valence-electron chi connectivity index (χ0n) is 12.8. The third-order valence-electron chi connectivity index (χ3n) is 4.40. The highest BCUT2D eigenvalue weighted by Crippen LogP contribution is 2.34. The van der Waals surface area contributed by atoms with Crippen LogP contribution < -0.4 is 5.73 Å². The minimum Gasteiger partial charge on any atom is -0.450 e. The number of ketones is 2. The summed E-state index contributed by atoms with van der Waals surface area (Å²) < 4.78 is 5.73. The molecule has 1 aliphatic carbocycles. The summed E-state index contributed by atoms with van der Waals surface area (Å²) in [5.74, 6) is -0.126. The van der Waals surface area contributed by atoms with Gasteiger partial charge in [-0.2, -0.15) is 0 Å². The smallest absolute Gasteiger partial charge is 0.230 e. The lowest BCUT2D eigenvalue weighted by atomic mass is 9.89. The minimum absolute atomic E-state index is 0.0852. The highest BCUT2D eigenvalue weighted by atomic mass is 35.5. The Hall–Kier alpha value is -2.59. The van der Waals surface area contributed by atoms with Crippen LogP contribution in [0, 0.1) is 0 Å². The van der Waals surface area contributed by atoms with E-state index in [9.17, 15) is 9.59 Å². The highest BCUT2D eigenvalue weighted by Gasteiger charge is 2.24. The van der Waals surface area contributed by atoms with Gasteiger partial charge in [0.1, 0.15) is 5.58 Å². The quantitative estimate of drug-likeness (QED) is 0.701. The molecule has 0 unspecified atom stereocenters. The maximum absolute atomic E-state index is 12.7. The number of hydrogen-bond acceptors (Lipinski definition) is 4. The maximum Gasteiger partial charge on any atom is 0.230 e. The van der Waals surface area contributed by atoms with Crippen molar-refractivity contribution < 1.29 is 14.0 Å². The molecule has 1 heterocycles. The molecule has 0 radical (unpaired) electrons. The molecule has 0 saturated heterocycles. The van der Waals surface area contributed by atoms with E-state index in [0.29, 0.717) is 33.5 Å². The molecule has 0 fully saturated rings. The van der Waals surface area contributed by atoms with Crippen LogP contribution in [0.3, 0.4) is 0 Å². The number of halogens is 1. The predicted octanol–water partition coefficient (Wildman–Crippen LogP) is 4.42. The number of benzene rings is 2. The number of aryl methyl sites for hydroxylation is 1. The fourth-order valence-corrected chi connectivity index (χ4v) is 3.36. The summed E-state index contributed by atoms with van der Waals surface area (Å²) in [5.41, 5.74) is 8.98. The molecule has 0 atom stereocenters. The van der Waals surface area contributed by atoms with Crippen LogP contribution >= 0.6 is 11.6 Å². The Morgan fingerprint density at radius 2 is 2.00 bits per heavy atom. The van der Waals surface area contributed by atoms with Crippen molar-refractivity contribution in [2.75, 3.05) is 5.73 Å². The van der Waals surface area contributed by atoms with Gasteiger partial charge >= 0.3 is 0 Å². The Kier molecular flexibility index (Phi) is 3.43. The number of furan rings is 1. The summed E-state index contributed by atoms with van der Waals surface area (Å²) in [6.45, 7) is 0. The lowest BCUT2D eigenvalue weighted by Crippen LogP contribution is -2.10. The van der Waals surface area contributed by atoms with Gasteiger partial charge in [0.25, 0.3) is 0 Å². The minimum atomic E-state index is -0.324. The molecule has 4 nitrogen and oxygen atoms in total. The van der Waals surface area contributed by atoms with Gasteiger partial charge in [-0.1, -0.05) is 23.7 Å². The van der Waals surface area contributed by atoms with Crippen LogP contribution in [-0.2, 0) is 6.42 Å². The molecule has 1 aliphatic rings. The van der Waals surface area contributed by atoms with Gasteiger partial charge in [0, 0.05) is 28.0 Å². The number of fused-ring (bicyclic) bond motifs is 2. The number of anilines is 1. The molecule has 0 saturated carbocycles. The number of nitrogens with two attached hydrogens (primary N) is 1. The third-order valence-corrected chi connectivity index (χ3v) is 4.63. The number of Topliss-reactive ketones (excluding diaryl/α,β-unsaturated/α-hetero) is 1. The van der Waals surface area contributed by atoms with Gasteiger partial charge in [-0.25, -0.2) is 0 Å². The topological polar surface area (TPSA) is 73.3 Å². The molecule has 5 heteroatoms. The van der Waals surface area contributed by atoms with E-state index in [2.05, 4.69) is 0 Å². The molecule has 1 aromatic heterocycles. The summed E-state index contributed by atoms with van der Waals surface area (Å²) in [6, 6.07) is 10.2. The van der Waals surface area contributed by atoms with Crippen LogP contribution in [0.4, 0.5) is 5.69 Å². The van der Waals surface area contributed by atoms with Crippen LogP contribution in [0.5, 0.6) is 0 Å². The van der Waals surface area contributed by atoms with E-state index in [0.717, 1.165) is 18.4 Å². The van der Waals surface area contributed by atoms with Gasteiger partial charge in [0.05, 0.1) is 5.69 Å². The number of carbonyl (C=O) groups excluding carboxylic acids is 2. The van der Waals surface area contributed by atoms with E-state index in [1.165, 1.54) is 0 Å². The third kappa shape index (κ3) is 2.31. The van der Waals surface area contributed by atoms with E-state index in [4.69, 9.17) is 21.8 Å². The fourth-order valence-electron chi connectivity index (χ4n) is 3.17. The summed E-state index contributed by atoms with van der Waals surface area (Å²) in [7, 11) is 0. The Bertz CT molecular complexity index is 1000. The van der Waals surface area contributed by atoms with Crippen LogP contribution in [0.15, 0.2) is 40.8 Å².